The number of likely N-dealkylation sites (N-methyl/N-ethyl adjacent to an activating group) is 1. The maximum absolute atomic E-state index is 12.0. The Morgan fingerprint density at radius 1 is 1.44 bits per heavy atom. The van der Waals surface area contributed by atoms with Gasteiger partial charge >= 0.3 is 0 Å². The number of sulfonamides is 1. The predicted molar refractivity (Wildman–Crippen MR) is 69.6 cm³/mol. The Bertz CT molecular complexity index is 579. The molecule has 0 radical (unpaired) electrons. The molecule has 0 unspecified atom stereocenters. The van der Waals surface area contributed by atoms with Gasteiger partial charge in [-0.2, -0.15) is 0 Å². The number of rotatable bonds is 4. The molecule has 18 heavy (non-hydrogen) atoms. The molecule has 2 N–H and O–H groups in total. The van der Waals surface area contributed by atoms with Gasteiger partial charge in [-0.05, 0) is 25.1 Å². The minimum atomic E-state index is -3.80. The number of carbonyl (C=O) groups is 1. The highest BCUT2D eigenvalue weighted by atomic mass is 32.2. The zero-order valence-corrected chi connectivity index (χ0v) is 11.2. The lowest BCUT2D eigenvalue weighted by Crippen LogP contribution is -2.28. The van der Waals surface area contributed by atoms with Crippen molar-refractivity contribution in [1.82, 2.24) is 4.90 Å². The summed E-state index contributed by atoms with van der Waals surface area (Å²) in [4.78, 5) is 13.4. The number of hydrogen-bond acceptors (Lipinski definition) is 3. The number of benzene rings is 1. The molecule has 0 heterocycles. The van der Waals surface area contributed by atoms with Gasteiger partial charge in [0.2, 0.25) is 10.0 Å². The van der Waals surface area contributed by atoms with Crippen LogP contribution in [-0.4, -0.2) is 32.8 Å². The summed E-state index contributed by atoms with van der Waals surface area (Å²) < 4.78 is 22.4. The first-order valence-corrected chi connectivity index (χ1v) is 6.79. The Labute approximate surface area is 107 Å². The Morgan fingerprint density at radius 2 is 2.06 bits per heavy atom. The minimum absolute atomic E-state index is 0.0722. The fraction of sp³-hybridized carbons (Fsp3) is 0.250. The lowest BCUT2D eigenvalue weighted by molar-refractivity contribution is 0.0806. The summed E-state index contributed by atoms with van der Waals surface area (Å²) in [5.74, 6) is -0.275. The molecule has 1 aromatic carbocycles. The van der Waals surface area contributed by atoms with Crippen molar-refractivity contribution >= 4 is 15.9 Å². The van der Waals surface area contributed by atoms with Gasteiger partial charge in [-0.15, -0.1) is 0 Å². The van der Waals surface area contributed by atoms with Crippen molar-refractivity contribution < 1.29 is 13.2 Å². The molecule has 0 aliphatic carbocycles. The summed E-state index contributed by atoms with van der Waals surface area (Å²) in [6.07, 6.45) is 0. The van der Waals surface area contributed by atoms with Gasteiger partial charge in [-0.3, -0.25) is 4.79 Å². The van der Waals surface area contributed by atoms with Crippen LogP contribution in [0.15, 0.2) is 41.3 Å². The standard InChI is InChI=1S/C12H16N2O3S/c1-9(2)8-14(3)12(15)10-5-4-6-11(7-10)18(13,16)17/h4-7H,1,8H2,2-3H3,(H2,13,16,17). The van der Waals surface area contributed by atoms with E-state index in [1.165, 1.54) is 23.1 Å². The molecule has 0 spiro atoms. The van der Waals surface area contributed by atoms with E-state index in [0.29, 0.717) is 6.54 Å². The Morgan fingerprint density at radius 3 is 2.56 bits per heavy atom. The summed E-state index contributed by atoms with van der Waals surface area (Å²) in [7, 11) is -2.17. The molecular formula is C12H16N2O3S. The molecule has 1 aromatic rings. The fourth-order valence-electron chi connectivity index (χ4n) is 1.50. The smallest absolute Gasteiger partial charge is 0.253 e. The zero-order chi connectivity index (χ0) is 13.9. The summed E-state index contributed by atoms with van der Waals surface area (Å²) in [6.45, 7) is 5.94. The number of hydrogen-bond donors (Lipinski definition) is 1. The van der Waals surface area contributed by atoms with Crippen molar-refractivity contribution in [2.75, 3.05) is 13.6 Å². The van der Waals surface area contributed by atoms with E-state index in [9.17, 15) is 13.2 Å². The number of amides is 1. The van der Waals surface area contributed by atoms with Crippen molar-refractivity contribution in [3.63, 3.8) is 0 Å². The Balaban J connectivity index is 3.04. The summed E-state index contributed by atoms with van der Waals surface area (Å²) >= 11 is 0. The third-order valence-electron chi connectivity index (χ3n) is 2.26. The number of carbonyl (C=O) groups excluding carboxylic acids is 1. The van der Waals surface area contributed by atoms with Gasteiger partial charge in [0.15, 0.2) is 0 Å². The molecule has 5 nitrogen and oxygen atoms in total. The van der Waals surface area contributed by atoms with Crippen LogP contribution in [0.1, 0.15) is 17.3 Å². The molecule has 0 aromatic heterocycles. The van der Waals surface area contributed by atoms with E-state index in [4.69, 9.17) is 5.14 Å². The van der Waals surface area contributed by atoms with Gasteiger partial charge < -0.3 is 4.90 Å². The van der Waals surface area contributed by atoms with E-state index in [2.05, 4.69) is 6.58 Å². The largest absolute Gasteiger partial charge is 0.338 e. The maximum atomic E-state index is 12.0. The number of nitrogens with zero attached hydrogens (tertiary/aromatic N) is 1. The molecule has 0 aliphatic rings. The average Bonchev–Trinajstić information content (AvgIpc) is 2.26. The van der Waals surface area contributed by atoms with Gasteiger partial charge in [0.05, 0.1) is 4.90 Å². The quantitative estimate of drug-likeness (QED) is 0.827. The van der Waals surface area contributed by atoms with Crippen LogP contribution in [0.4, 0.5) is 0 Å². The van der Waals surface area contributed by atoms with Crippen LogP contribution in [0.5, 0.6) is 0 Å². The predicted octanol–water partition coefficient (Wildman–Crippen LogP) is 0.982. The van der Waals surface area contributed by atoms with E-state index in [1.54, 1.807) is 13.1 Å². The monoisotopic (exact) mass is 268 g/mol. The van der Waals surface area contributed by atoms with Crippen molar-refractivity contribution in [3.8, 4) is 0 Å². The Kier molecular flexibility index (Phi) is 4.26. The minimum Gasteiger partial charge on any atom is -0.338 e. The molecule has 1 rings (SSSR count). The molecule has 0 saturated heterocycles. The van der Waals surface area contributed by atoms with E-state index in [0.717, 1.165) is 5.57 Å². The van der Waals surface area contributed by atoms with Gasteiger partial charge in [-0.1, -0.05) is 18.2 Å². The van der Waals surface area contributed by atoms with Crippen LogP contribution in [0.25, 0.3) is 0 Å². The van der Waals surface area contributed by atoms with E-state index in [-0.39, 0.29) is 16.4 Å². The van der Waals surface area contributed by atoms with Gasteiger partial charge in [0.25, 0.3) is 5.91 Å². The molecular weight excluding hydrogens is 252 g/mol. The highest BCUT2D eigenvalue weighted by Gasteiger charge is 2.15. The summed E-state index contributed by atoms with van der Waals surface area (Å²) in [5.41, 5.74) is 1.12. The summed E-state index contributed by atoms with van der Waals surface area (Å²) in [6, 6.07) is 5.66. The molecule has 6 heteroatoms. The second kappa shape index (κ2) is 5.32. The van der Waals surface area contributed by atoms with Crippen LogP contribution in [0.2, 0.25) is 0 Å². The van der Waals surface area contributed by atoms with Crippen LogP contribution in [-0.2, 0) is 10.0 Å². The van der Waals surface area contributed by atoms with Crippen molar-refractivity contribution in [1.29, 1.82) is 0 Å². The molecule has 0 saturated carbocycles. The molecule has 0 atom stereocenters. The van der Waals surface area contributed by atoms with E-state index >= 15 is 0 Å². The first kappa shape index (κ1) is 14.4. The third kappa shape index (κ3) is 3.68. The lowest BCUT2D eigenvalue weighted by Gasteiger charge is -2.17. The van der Waals surface area contributed by atoms with Gasteiger partial charge in [-0.25, -0.2) is 13.6 Å². The van der Waals surface area contributed by atoms with Crippen LogP contribution >= 0.6 is 0 Å². The molecule has 98 valence electrons. The highest BCUT2D eigenvalue weighted by Crippen LogP contribution is 2.12. The number of nitrogens with two attached hydrogens (primary N) is 1. The van der Waals surface area contributed by atoms with E-state index in [1.807, 2.05) is 6.92 Å². The molecule has 0 bridgehead atoms. The van der Waals surface area contributed by atoms with Crippen molar-refractivity contribution in [2.45, 2.75) is 11.8 Å². The normalized spacial score (nSPS) is 11.1. The zero-order valence-electron chi connectivity index (χ0n) is 10.4. The maximum Gasteiger partial charge on any atom is 0.253 e. The first-order valence-electron chi connectivity index (χ1n) is 5.24. The molecule has 1 amide bonds. The van der Waals surface area contributed by atoms with Crippen LogP contribution < -0.4 is 5.14 Å². The van der Waals surface area contributed by atoms with Crippen LogP contribution in [0, 0.1) is 0 Å². The first-order chi connectivity index (χ1) is 8.21. The van der Waals surface area contributed by atoms with Crippen molar-refractivity contribution in [3.05, 3.63) is 42.0 Å². The SMILES string of the molecule is C=C(C)CN(C)C(=O)c1cccc(S(N)(=O)=O)c1. The molecule has 0 aliphatic heterocycles. The molecule has 0 fully saturated rings. The Hall–Kier alpha value is -1.66. The van der Waals surface area contributed by atoms with Crippen LogP contribution in [0.3, 0.4) is 0 Å². The summed E-state index contributed by atoms with van der Waals surface area (Å²) in [5, 5.41) is 5.02. The number of primary sulfonamides is 1. The lowest BCUT2D eigenvalue weighted by atomic mass is 10.2. The average molecular weight is 268 g/mol. The van der Waals surface area contributed by atoms with Gasteiger partial charge in [0, 0.05) is 19.2 Å². The van der Waals surface area contributed by atoms with Crippen molar-refractivity contribution in [2.24, 2.45) is 5.14 Å². The fourth-order valence-corrected chi connectivity index (χ4v) is 2.06. The van der Waals surface area contributed by atoms with Gasteiger partial charge in [0.1, 0.15) is 0 Å². The van der Waals surface area contributed by atoms with E-state index < -0.39 is 10.0 Å². The topological polar surface area (TPSA) is 80.5 Å². The third-order valence-corrected chi connectivity index (χ3v) is 3.17. The highest BCUT2D eigenvalue weighted by molar-refractivity contribution is 7.89. The second-order valence-corrected chi connectivity index (χ2v) is 5.75. The second-order valence-electron chi connectivity index (χ2n) is 4.19.